The molecule has 2 aromatic rings. The highest BCUT2D eigenvalue weighted by Crippen LogP contribution is 2.55. The molecular weight excluding hydrogens is 605 g/mol. The van der Waals surface area contributed by atoms with Gasteiger partial charge in [0.15, 0.2) is 20.9 Å². The largest absolute Gasteiger partial charge is 0.490 e. The van der Waals surface area contributed by atoms with Gasteiger partial charge in [-0.15, -0.1) is 0 Å². The monoisotopic (exact) mass is 618 g/mol. The predicted molar refractivity (Wildman–Crippen MR) is 139 cm³/mol. The molecule has 0 saturated carbocycles. The summed E-state index contributed by atoms with van der Waals surface area (Å²) in [5, 5.41) is 31.1. The second kappa shape index (κ2) is 13.5. The minimum absolute atomic E-state index is 0.103. The van der Waals surface area contributed by atoms with Crippen LogP contribution in [0.25, 0.3) is 0 Å². The van der Waals surface area contributed by atoms with Gasteiger partial charge >= 0.3 is 5.66 Å². The van der Waals surface area contributed by atoms with E-state index in [1.165, 1.54) is 0 Å². The molecule has 0 radical (unpaired) electrons. The van der Waals surface area contributed by atoms with Crippen LogP contribution in [-0.4, -0.2) is 41.9 Å². The Morgan fingerprint density at radius 2 is 1.44 bits per heavy atom. The van der Waals surface area contributed by atoms with E-state index in [2.05, 4.69) is 0 Å². The summed E-state index contributed by atoms with van der Waals surface area (Å²) >= 11 is 34.0. The van der Waals surface area contributed by atoms with Gasteiger partial charge in [0.25, 0.3) is 0 Å². The van der Waals surface area contributed by atoms with Crippen LogP contribution in [0.3, 0.4) is 0 Å². The first-order valence-corrected chi connectivity index (χ1v) is 11.7. The summed E-state index contributed by atoms with van der Waals surface area (Å²) in [6.07, 6.45) is 1.81. The number of allylic oxidation sites excluding steroid dienone is 1. The normalized spacial score (nSPS) is 18.4. The van der Waals surface area contributed by atoms with Crippen molar-refractivity contribution in [2.75, 3.05) is 0 Å². The maximum absolute atomic E-state index is 11.0. The number of hydrogen-bond donors (Lipinski definition) is 1. The van der Waals surface area contributed by atoms with Gasteiger partial charge in [0.2, 0.25) is 0 Å². The number of rotatable bonds is 5. The summed E-state index contributed by atoms with van der Waals surface area (Å²) < 4.78 is -4.50. The van der Waals surface area contributed by atoms with Crippen LogP contribution in [0.1, 0.15) is 15.9 Å². The highest BCUT2D eigenvalue weighted by molar-refractivity contribution is 6.64. The van der Waals surface area contributed by atoms with E-state index in [0.717, 1.165) is 11.6 Å². The fourth-order valence-corrected chi connectivity index (χ4v) is 3.98. The second-order valence-corrected chi connectivity index (χ2v) is 10.5. The van der Waals surface area contributed by atoms with Crippen LogP contribution in [0.4, 0.5) is 0 Å². The molecule has 0 heterocycles. The maximum Gasteiger partial charge on any atom is 0.490 e. The minimum Gasteiger partial charge on any atom is -0.392 e. The zero-order valence-corrected chi connectivity index (χ0v) is 22.3. The molecular formula is C21H16Cl6N2O7. The Bertz CT molecular complexity index is 1110. The van der Waals surface area contributed by atoms with Gasteiger partial charge in [-0.25, -0.2) is 0 Å². The topological polar surface area (TPSA) is 141 Å². The molecule has 15 heteroatoms. The molecule has 1 aliphatic carbocycles. The first-order chi connectivity index (χ1) is 16.7. The molecule has 1 unspecified atom stereocenters. The van der Waals surface area contributed by atoms with Crippen molar-refractivity contribution < 1.29 is 24.5 Å². The fraction of sp³-hybridized carbons (Fsp3) is 0.238. The average molecular weight is 621 g/mol. The molecule has 1 atom stereocenters. The smallest absolute Gasteiger partial charge is 0.392 e. The van der Waals surface area contributed by atoms with Crippen LogP contribution in [0.5, 0.6) is 0 Å². The summed E-state index contributed by atoms with van der Waals surface area (Å²) in [5.74, 6) is -2.06. The number of nitro groups is 2. The van der Waals surface area contributed by atoms with Crippen LogP contribution < -0.4 is 0 Å². The molecule has 1 aliphatic rings. The number of carbonyl (C=O) groups is 2. The highest BCUT2D eigenvalue weighted by Gasteiger charge is 2.74. The minimum atomic E-state index is -3.00. The molecule has 0 fully saturated rings. The van der Waals surface area contributed by atoms with Crippen LogP contribution in [-0.2, 0) is 11.4 Å². The Balaban J connectivity index is 0.000000301. The van der Waals surface area contributed by atoms with Crippen molar-refractivity contribution >= 4 is 82.2 Å². The van der Waals surface area contributed by atoms with Gasteiger partial charge in [0.1, 0.15) is 16.1 Å². The molecule has 194 valence electrons. The van der Waals surface area contributed by atoms with Crippen molar-refractivity contribution in [3.05, 3.63) is 102 Å². The van der Waals surface area contributed by atoms with Gasteiger partial charge < -0.3 is 9.90 Å². The van der Waals surface area contributed by atoms with Gasteiger partial charge in [-0.1, -0.05) is 112 Å². The van der Waals surface area contributed by atoms with E-state index in [4.69, 9.17) is 74.7 Å². The third-order valence-electron chi connectivity index (χ3n) is 4.69. The van der Waals surface area contributed by atoms with Crippen molar-refractivity contribution in [3.8, 4) is 0 Å². The lowest BCUT2D eigenvalue weighted by atomic mass is 9.84. The van der Waals surface area contributed by atoms with E-state index in [-0.39, 0.29) is 12.9 Å². The van der Waals surface area contributed by atoms with Crippen LogP contribution >= 0.6 is 69.6 Å². The Labute approximate surface area is 234 Å². The van der Waals surface area contributed by atoms with Gasteiger partial charge in [0.05, 0.1) is 22.7 Å². The molecule has 0 saturated heterocycles. The molecule has 2 aromatic carbocycles. The number of benzene rings is 2. The van der Waals surface area contributed by atoms with E-state index in [1.54, 1.807) is 18.2 Å². The third-order valence-corrected chi connectivity index (χ3v) is 7.82. The van der Waals surface area contributed by atoms with Crippen LogP contribution in [0, 0.1) is 26.1 Å². The molecule has 1 N–H and O–H groups in total. The van der Waals surface area contributed by atoms with Crippen molar-refractivity contribution in [2.45, 2.75) is 20.9 Å². The summed E-state index contributed by atoms with van der Waals surface area (Å²) in [4.78, 5) is 40.5. The predicted octanol–water partition coefficient (Wildman–Crippen LogP) is 5.95. The number of nitrogens with zero attached hydrogens (tertiary/aromatic N) is 2. The second-order valence-electron chi connectivity index (χ2n) is 6.89. The van der Waals surface area contributed by atoms with Crippen LogP contribution in [0.2, 0.25) is 10.0 Å². The maximum atomic E-state index is 11.0. The zero-order chi connectivity index (χ0) is 27.7. The van der Waals surface area contributed by atoms with Crippen molar-refractivity contribution in [1.29, 1.82) is 0 Å². The quantitative estimate of drug-likeness (QED) is 0.109. The lowest BCUT2D eigenvalue weighted by Gasteiger charge is -2.38. The Morgan fingerprint density at radius 1 is 0.889 bits per heavy atom. The highest BCUT2D eigenvalue weighted by atomic mass is 35.5. The van der Waals surface area contributed by atoms with E-state index >= 15 is 0 Å². The van der Waals surface area contributed by atoms with Gasteiger partial charge in [-0.05, 0) is 17.7 Å². The van der Waals surface area contributed by atoms with E-state index in [0.29, 0.717) is 28.0 Å². The number of hydrogen-bond acceptors (Lipinski definition) is 7. The van der Waals surface area contributed by atoms with E-state index in [9.17, 15) is 29.8 Å². The van der Waals surface area contributed by atoms with Gasteiger partial charge in [-0.3, -0.25) is 25.0 Å². The van der Waals surface area contributed by atoms with Gasteiger partial charge in [0, 0.05) is 5.56 Å². The fourth-order valence-electron chi connectivity index (χ4n) is 2.71. The summed E-state index contributed by atoms with van der Waals surface area (Å²) in [7, 11) is 0. The first kappa shape index (κ1) is 32.0. The third kappa shape index (κ3) is 7.07. The van der Waals surface area contributed by atoms with Crippen LogP contribution in [0.15, 0.2) is 60.7 Å². The molecule has 0 aliphatic heterocycles. The SMILES string of the molecule is O=CC1C([N+](=O)[O-])([N+](=O)[O-])C=CC(Cl)(Cl)C1(Cl)Cl.O=Cc1cccc(Cl)c1Cl.OCc1ccccc1. The van der Waals surface area contributed by atoms with E-state index in [1.807, 2.05) is 30.3 Å². The summed E-state index contributed by atoms with van der Waals surface area (Å²) in [5.41, 5.74) is -1.61. The Kier molecular flexibility index (Phi) is 12.0. The molecule has 0 amide bonds. The first-order valence-electron chi connectivity index (χ1n) is 9.47. The average Bonchev–Trinajstić information content (AvgIpc) is 2.83. The standard InChI is InChI=1S/C7H4Cl4N2O5.C7H4Cl2O.C7H8O/c8-6(9)2-1-5(12(15)16,13(17)18)4(3-14)7(6,10)11;8-6-3-1-2-5(4-10)7(6)9;8-6-7-4-2-1-3-5-7/h1-4H;1-4H;1-5,8H,6H2. The van der Waals surface area contributed by atoms with E-state index < -0.39 is 30.1 Å². The number of halogens is 6. The molecule has 0 spiro atoms. The molecule has 36 heavy (non-hydrogen) atoms. The number of aliphatic hydroxyl groups excluding tert-OH is 1. The lowest BCUT2D eigenvalue weighted by molar-refractivity contribution is -0.788. The summed E-state index contributed by atoms with van der Waals surface area (Å²) in [6, 6.07) is 14.5. The number of aldehydes is 2. The zero-order valence-electron chi connectivity index (χ0n) is 17.8. The number of alkyl halides is 4. The molecule has 0 aromatic heterocycles. The lowest BCUT2D eigenvalue weighted by Crippen LogP contribution is -2.63. The van der Waals surface area contributed by atoms with Crippen molar-refractivity contribution in [2.24, 2.45) is 5.92 Å². The molecule has 9 nitrogen and oxygen atoms in total. The Hall–Kier alpha value is -1.98. The summed E-state index contributed by atoms with van der Waals surface area (Å²) in [6.45, 7) is 0.140. The molecule has 0 bridgehead atoms. The van der Waals surface area contributed by atoms with Gasteiger partial charge in [-0.2, -0.15) is 0 Å². The Morgan fingerprint density at radius 3 is 1.83 bits per heavy atom. The van der Waals surface area contributed by atoms with Crippen molar-refractivity contribution in [3.63, 3.8) is 0 Å². The number of aliphatic hydroxyl groups is 1. The molecule has 3 rings (SSSR count). The number of carbonyl (C=O) groups excluding carboxylic acids is 2. The van der Waals surface area contributed by atoms with Crippen molar-refractivity contribution in [1.82, 2.24) is 0 Å².